The van der Waals surface area contributed by atoms with Gasteiger partial charge in [-0.1, -0.05) is 6.07 Å². The van der Waals surface area contributed by atoms with Gasteiger partial charge in [0, 0.05) is 24.7 Å². The molecule has 0 spiro atoms. The summed E-state index contributed by atoms with van der Waals surface area (Å²) < 4.78 is 21.6. The van der Waals surface area contributed by atoms with Crippen molar-refractivity contribution in [1.82, 2.24) is 10.2 Å². The molecule has 0 aliphatic rings. The Bertz CT molecular complexity index is 734. The van der Waals surface area contributed by atoms with Gasteiger partial charge >= 0.3 is 0 Å². The number of rotatable bonds is 10. The van der Waals surface area contributed by atoms with Gasteiger partial charge in [0.2, 0.25) is 0 Å². The van der Waals surface area contributed by atoms with E-state index in [1.807, 2.05) is 30.3 Å². The molecule has 6 heteroatoms. The molecule has 2 aromatic rings. The zero-order chi connectivity index (χ0) is 19.8. The molecule has 6 nitrogen and oxygen atoms in total. The lowest BCUT2D eigenvalue weighted by Crippen LogP contribution is -2.31. The van der Waals surface area contributed by atoms with Crippen molar-refractivity contribution in [2.24, 2.45) is 0 Å². The van der Waals surface area contributed by atoms with Crippen LogP contribution in [0.3, 0.4) is 0 Å². The van der Waals surface area contributed by atoms with Crippen LogP contribution >= 0.6 is 0 Å². The maximum Gasteiger partial charge on any atom is 0.161 e. The highest BCUT2D eigenvalue weighted by Crippen LogP contribution is 2.31. The number of ether oxygens (including phenoxy) is 4. The van der Waals surface area contributed by atoms with E-state index >= 15 is 0 Å². The maximum absolute atomic E-state index is 5.45. The molecule has 1 N–H and O–H groups in total. The molecule has 0 saturated carbocycles. The van der Waals surface area contributed by atoms with E-state index in [0.29, 0.717) is 6.54 Å². The van der Waals surface area contributed by atoms with Gasteiger partial charge in [0.25, 0.3) is 0 Å². The van der Waals surface area contributed by atoms with E-state index in [4.69, 9.17) is 18.9 Å². The van der Waals surface area contributed by atoms with E-state index in [0.717, 1.165) is 40.7 Å². The number of likely N-dealkylation sites (N-methyl/N-ethyl adjacent to an activating group) is 1. The lowest BCUT2D eigenvalue weighted by Gasteiger charge is -2.26. The first kappa shape index (κ1) is 20.9. The van der Waals surface area contributed by atoms with E-state index in [9.17, 15) is 0 Å². The Balaban J connectivity index is 2.12. The second kappa shape index (κ2) is 10.0. The van der Waals surface area contributed by atoms with Crippen LogP contribution < -0.4 is 24.3 Å². The van der Waals surface area contributed by atoms with Crippen molar-refractivity contribution >= 4 is 0 Å². The maximum atomic E-state index is 5.45. The summed E-state index contributed by atoms with van der Waals surface area (Å²) in [6.07, 6.45) is 0. The molecule has 2 rings (SSSR count). The minimum absolute atomic E-state index is 0.182. The highest BCUT2D eigenvalue weighted by atomic mass is 16.5. The normalized spacial score (nSPS) is 12.0. The molecular weight excluding hydrogens is 344 g/mol. The fourth-order valence-electron chi connectivity index (χ4n) is 3.02. The van der Waals surface area contributed by atoms with Gasteiger partial charge in [-0.25, -0.2) is 0 Å². The van der Waals surface area contributed by atoms with Crippen molar-refractivity contribution in [3.8, 4) is 23.0 Å². The minimum atomic E-state index is 0.182. The monoisotopic (exact) mass is 374 g/mol. The first-order valence-corrected chi connectivity index (χ1v) is 8.84. The van der Waals surface area contributed by atoms with Crippen LogP contribution in [-0.4, -0.2) is 54.0 Å². The van der Waals surface area contributed by atoms with Crippen molar-refractivity contribution in [3.63, 3.8) is 0 Å². The fourth-order valence-corrected chi connectivity index (χ4v) is 3.02. The van der Waals surface area contributed by atoms with Crippen molar-refractivity contribution in [1.29, 1.82) is 0 Å². The van der Waals surface area contributed by atoms with E-state index in [2.05, 4.69) is 30.4 Å². The number of hydrogen-bond donors (Lipinski definition) is 1. The predicted octanol–water partition coefficient (Wildman–Crippen LogP) is 3.11. The van der Waals surface area contributed by atoms with Crippen LogP contribution in [0.15, 0.2) is 36.4 Å². The van der Waals surface area contributed by atoms with E-state index in [1.54, 1.807) is 28.4 Å². The number of nitrogens with one attached hydrogen (secondary N) is 1. The van der Waals surface area contributed by atoms with Gasteiger partial charge in [0.15, 0.2) is 11.5 Å². The van der Waals surface area contributed by atoms with Crippen molar-refractivity contribution in [2.75, 3.05) is 49.1 Å². The second-order valence-electron chi connectivity index (χ2n) is 6.40. The molecule has 27 heavy (non-hydrogen) atoms. The second-order valence-corrected chi connectivity index (χ2v) is 6.40. The van der Waals surface area contributed by atoms with E-state index in [-0.39, 0.29) is 6.04 Å². The number of nitrogens with zero attached hydrogens (tertiary/aromatic N) is 1. The Morgan fingerprint density at radius 3 is 2.07 bits per heavy atom. The van der Waals surface area contributed by atoms with Crippen molar-refractivity contribution < 1.29 is 18.9 Å². The first-order chi connectivity index (χ1) is 13.0. The lowest BCUT2D eigenvalue weighted by molar-refractivity contribution is 0.285. The molecule has 0 amide bonds. The first-order valence-electron chi connectivity index (χ1n) is 8.84. The van der Waals surface area contributed by atoms with Crippen LogP contribution in [0.1, 0.15) is 17.2 Å². The number of methoxy groups -OCH3 is 4. The zero-order valence-electron chi connectivity index (χ0n) is 17.0. The van der Waals surface area contributed by atoms with Crippen LogP contribution in [0.4, 0.5) is 0 Å². The molecule has 0 bridgehead atoms. The summed E-state index contributed by atoms with van der Waals surface area (Å²) in [7, 11) is 10.8. The highest BCUT2D eigenvalue weighted by molar-refractivity contribution is 5.44. The Labute approximate surface area is 162 Å². The minimum Gasteiger partial charge on any atom is -0.497 e. The molecule has 2 aromatic carbocycles. The topological polar surface area (TPSA) is 52.2 Å². The van der Waals surface area contributed by atoms with Crippen LogP contribution in [0.25, 0.3) is 0 Å². The molecule has 0 heterocycles. The Morgan fingerprint density at radius 1 is 0.815 bits per heavy atom. The third-order valence-electron chi connectivity index (χ3n) is 4.56. The Kier molecular flexibility index (Phi) is 7.76. The average molecular weight is 374 g/mol. The van der Waals surface area contributed by atoms with Gasteiger partial charge in [0.05, 0.1) is 28.4 Å². The quantitative estimate of drug-likeness (QED) is 0.690. The standard InChI is InChI=1S/C21H30N2O4/c1-23(2)18(15-7-9-20(26-5)21(12-15)27-6)14-22-13-16-11-17(24-3)8-10-19(16)25-4/h7-12,18,22H,13-14H2,1-6H3/t18-/m0/s1. The molecular formula is C21H30N2O4. The van der Waals surface area contributed by atoms with E-state index < -0.39 is 0 Å². The summed E-state index contributed by atoms with van der Waals surface area (Å²) in [4.78, 5) is 2.18. The highest BCUT2D eigenvalue weighted by Gasteiger charge is 2.17. The SMILES string of the molecule is COc1ccc(OC)c(CNC[C@@H](c2ccc(OC)c(OC)c2)N(C)C)c1. The molecule has 0 radical (unpaired) electrons. The third-order valence-corrected chi connectivity index (χ3v) is 4.56. The van der Waals surface area contributed by atoms with Crippen LogP contribution in [-0.2, 0) is 6.54 Å². The summed E-state index contributed by atoms with van der Waals surface area (Å²) in [5.74, 6) is 3.12. The molecule has 1 atom stereocenters. The largest absolute Gasteiger partial charge is 0.497 e. The van der Waals surface area contributed by atoms with Crippen molar-refractivity contribution in [3.05, 3.63) is 47.5 Å². The molecule has 148 valence electrons. The summed E-state index contributed by atoms with van der Waals surface area (Å²) in [6, 6.07) is 12.0. The number of hydrogen-bond acceptors (Lipinski definition) is 6. The molecule has 0 aromatic heterocycles. The molecule has 0 aliphatic carbocycles. The Hall–Kier alpha value is -2.44. The Morgan fingerprint density at radius 2 is 1.48 bits per heavy atom. The van der Waals surface area contributed by atoms with Gasteiger partial charge < -0.3 is 29.2 Å². The molecule has 0 saturated heterocycles. The summed E-state index contributed by atoms with van der Waals surface area (Å²) in [6.45, 7) is 1.45. The molecule has 0 fully saturated rings. The van der Waals surface area contributed by atoms with Crippen LogP contribution in [0.5, 0.6) is 23.0 Å². The lowest BCUT2D eigenvalue weighted by atomic mass is 10.0. The summed E-state index contributed by atoms with van der Waals surface area (Å²) in [5.41, 5.74) is 2.21. The third kappa shape index (κ3) is 5.28. The van der Waals surface area contributed by atoms with Gasteiger partial charge in [0.1, 0.15) is 11.5 Å². The fraction of sp³-hybridized carbons (Fsp3) is 0.429. The molecule has 0 unspecified atom stereocenters. The van der Waals surface area contributed by atoms with Crippen molar-refractivity contribution in [2.45, 2.75) is 12.6 Å². The van der Waals surface area contributed by atoms with Gasteiger partial charge in [-0.05, 0) is 50.0 Å². The van der Waals surface area contributed by atoms with E-state index in [1.165, 1.54) is 0 Å². The average Bonchev–Trinajstić information content (AvgIpc) is 2.70. The zero-order valence-corrected chi connectivity index (χ0v) is 17.0. The summed E-state index contributed by atoms with van der Waals surface area (Å²) in [5, 5.41) is 3.52. The van der Waals surface area contributed by atoms with Crippen LogP contribution in [0, 0.1) is 0 Å². The number of benzene rings is 2. The van der Waals surface area contributed by atoms with Gasteiger partial charge in [-0.15, -0.1) is 0 Å². The smallest absolute Gasteiger partial charge is 0.161 e. The van der Waals surface area contributed by atoms with Crippen LogP contribution in [0.2, 0.25) is 0 Å². The van der Waals surface area contributed by atoms with Gasteiger partial charge in [-0.2, -0.15) is 0 Å². The summed E-state index contributed by atoms with van der Waals surface area (Å²) >= 11 is 0. The predicted molar refractivity (Wildman–Crippen MR) is 107 cm³/mol. The van der Waals surface area contributed by atoms with Gasteiger partial charge in [-0.3, -0.25) is 0 Å². The molecule has 0 aliphatic heterocycles.